The third-order valence-corrected chi connectivity index (χ3v) is 4.58. The number of nitrogens with one attached hydrogen (secondary N) is 1. The highest BCUT2D eigenvalue weighted by Gasteiger charge is 2.29. The van der Waals surface area contributed by atoms with Gasteiger partial charge in [-0.05, 0) is 42.5 Å². The summed E-state index contributed by atoms with van der Waals surface area (Å²) in [5.74, 6) is -0.325. The standard InChI is InChI=1S/C17H18ClFN2O2/c18-13-9-15(20-10-13)17(23)21-7-5-12(6-8-21)16(22)11-1-3-14(19)4-2-11/h1-4,9-10,12,16,20,22H,5-8H2. The maximum Gasteiger partial charge on any atom is 0.270 e. The fourth-order valence-electron chi connectivity index (χ4n) is 3.01. The monoisotopic (exact) mass is 336 g/mol. The molecule has 0 spiro atoms. The van der Waals surface area contributed by atoms with Crippen molar-refractivity contribution in [2.75, 3.05) is 13.1 Å². The molecule has 2 aromatic rings. The largest absolute Gasteiger partial charge is 0.388 e. The normalized spacial score (nSPS) is 17.3. The average Bonchev–Trinajstić information content (AvgIpc) is 3.01. The summed E-state index contributed by atoms with van der Waals surface area (Å²) >= 11 is 5.83. The van der Waals surface area contributed by atoms with E-state index < -0.39 is 6.10 Å². The number of hydrogen-bond acceptors (Lipinski definition) is 2. The van der Waals surface area contributed by atoms with Crippen LogP contribution in [0.2, 0.25) is 5.02 Å². The number of rotatable bonds is 3. The summed E-state index contributed by atoms with van der Waals surface area (Å²) in [6.45, 7) is 1.16. The van der Waals surface area contributed by atoms with Crippen LogP contribution in [0.1, 0.15) is 35.0 Å². The zero-order valence-corrected chi connectivity index (χ0v) is 13.3. The Hall–Kier alpha value is -1.85. The minimum absolute atomic E-state index is 0.0664. The first-order valence-electron chi connectivity index (χ1n) is 7.61. The highest BCUT2D eigenvalue weighted by Crippen LogP contribution is 2.31. The van der Waals surface area contributed by atoms with Gasteiger partial charge in [0.2, 0.25) is 0 Å². The average molecular weight is 337 g/mol. The first kappa shape index (κ1) is 16.0. The molecular formula is C17H18ClFN2O2. The minimum atomic E-state index is -0.632. The number of carbonyl (C=O) groups excluding carboxylic acids is 1. The second kappa shape index (κ2) is 6.72. The second-order valence-electron chi connectivity index (χ2n) is 5.86. The fourth-order valence-corrected chi connectivity index (χ4v) is 3.18. The van der Waals surface area contributed by atoms with Gasteiger partial charge in [-0.15, -0.1) is 0 Å². The van der Waals surface area contributed by atoms with Crippen LogP contribution < -0.4 is 0 Å². The molecule has 6 heteroatoms. The Balaban J connectivity index is 1.59. The Labute approximate surface area is 138 Å². The van der Waals surface area contributed by atoms with Gasteiger partial charge in [0.25, 0.3) is 5.91 Å². The predicted octanol–water partition coefficient (Wildman–Crippen LogP) is 3.39. The molecule has 122 valence electrons. The smallest absolute Gasteiger partial charge is 0.270 e. The van der Waals surface area contributed by atoms with E-state index in [9.17, 15) is 14.3 Å². The summed E-state index contributed by atoms with van der Waals surface area (Å²) in [5, 5.41) is 10.9. The number of H-pyrrole nitrogens is 1. The summed E-state index contributed by atoms with van der Waals surface area (Å²) in [6.07, 6.45) is 2.37. The SMILES string of the molecule is O=C(c1cc(Cl)c[nH]1)N1CCC(C(O)c2ccc(F)cc2)CC1. The lowest BCUT2D eigenvalue weighted by atomic mass is 9.87. The van der Waals surface area contributed by atoms with Gasteiger partial charge >= 0.3 is 0 Å². The van der Waals surface area contributed by atoms with Crippen molar-refractivity contribution in [2.45, 2.75) is 18.9 Å². The first-order valence-corrected chi connectivity index (χ1v) is 7.99. The molecule has 0 saturated carbocycles. The van der Waals surface area contributed by atoms with E-state index in [-0.39, 0.29) is 17.6 Å². The van der Waals surface area contributed by atoms with E-state index in [4.69, 9.17) is 11.6 Å². The van der Waals surface area contributed by atoms with Crippen molar-refractivity contribution < 1.29 is 14.3 Å². The Morgan fingerprint density at radius 1 is 1.30 bits per heavy atom. The number of benzene rings is 1. The molecule has 1 atom stereocenters. The van der Waals surface area contributed by atoms with Gasteiger partial charge in [0.1, 0.15) is 11.5 Å². The molecule has 2 N–H and O–H groups in total. The summed E-state index contributed by atoms with van der Waals surface area (Å²) in [7, 11) is 0. The second-order valence-corrected chi connectivity index (χ2v) is 6.29. The van der Waals surface area contributed by atoms with Crippen molar-refractivity contribution in [1.82, 2.24) is 9.88 Å². The predicted molar refractivity (Wildman–Crippen MR) is 85.8 cm³/mol. The maximum atomic E-state index is 13.0. The molecule has 1 saturated heterocycles. The highest BCUT2D eigenvalue weighted by atomic mass is 35.5. The molecule has 0 aliphatic carbocycles. The Bertz CT molecular complexity index is 678. The summed E-state index contributed by atoms with van der Waals surface area (Å²) in [4.78, 5) is 16.9. The third kappa shape index (κ3) is 3.57. The molecule has 1 aliphatic rings. The molecular weight excluding hydrogens is 319 g/mol. The molecule has 1 aromatic carbocycles. The third-order valence-electron chi connectivity index (χ3n) is 4.36. The number of likely N-dealkylation sites (tertiary alicyclic amines) is 1. The van der Waals surface area contributed by atoms with Gasteiger partial charge in [0.15, 0.2) is 0 Å². The number of nitrogens with zero attached hydrogens (tertiary/aromatic N) is 1. The number of halogens is 2. The van der Waals surface area contributed by atoms with Crippen LogP contribution in [0, 0.1) is 11.7 Å². The molecule has 0 bridgehead atoms. The number of aromatic amines is 1. The van der Waals surface area contributed by atoms with Crippen LogP contribution in [-0.4, -0.2) is 34.0 Å². The van der Waals surface area contributed by atoms with Gasteiger partial charge in [-0.25, -0.2) is 4.39 Å². The zero-order valence-electron chi connectivity index (χ0n) is 12.5. The summed E-state index contributed by atoms with van der Waals surface area (Å²) < 4.78 is 13.0. The number of aliphatic hydroxyl groups excluding tert-OH is 1. The number of hydrogen-bond donors (Lipinski definition) is 2. The van der Waals surface area contributed by atoms with E-state index in [0.29, 0.717) is 42.2 Å². The quantitative estimate of drug-likeness (QED) is 0.902. The topological polar surface area (TPSA) is 56.3 Å². The summed E-state index contributed by atoms with van der Waals surface area (Å²) in [5.41, 5.74) is 1.19. The molecule has 2 heterocycles. The van der Waals surface area contributed by atoms with Crippen molar-refractivity contribution in [2.24, 2.45) is 5.92 Å². The molecule has 1 aliphatic heterocycles. The highest BCUT2D eigenvalue weighted by molar-refractivity contribution is 6.30. The van der Waals surface area contributed by atoms with Crippen molar-refractivity contribution in [3.05, 3.63) is 58.6 Å². The number of aliphatic hydroxyl groups is 1. The van der Waals surface area contributed by atoms with Crippen molar-refractivity contribution in [3.8, 4) is 0 Å². The van der Waals surface area contributed by atoms with E-state index in [1.807, 2.05) is 0 Å². The van der Waals surface area contributed by atoms with Crippen LogP contribution >= 0.6 is 11.6 Å². The van der Waals surface area contributed by atoms with Crippen molar-refractivity contribution in [3.63, 3.8) is 0 Å². The number of amides is 1. The zero-order chi connectivity index (χ0) is 16.4. The number of aromatic nitrogens is 1. The molecule has 1 fully saturated rings. The van der Waals surface area contributed by atoms with Gasteiger partial charge in [-0.1, -0.05) is 23.7 Å². The van der Waals surface area contributed by atoms with Gasteiger partial charge in [0, 0.05) is 19.3 Å². The van der Waals surface area contributed by atoms with Crippen LogP contribution in [0.4, 0.5) is 4.39 Å². The van der Waals surface area contributed by atoms with Gasteiger partial charge in [0.05, 0.1) is 11.1 Å². The molecule has 23 heavy (non-hydrogen) atoms. The molecule has 4 nitrogen and oxygen atoms in total. The Morgan fingerprint density at radius 3 is 2.52 bits per heavy atom. The molecule has 1 aromatic heterocycles. The number of piperidine rings is 1. The van der Waals surface area contributed by atoms with E-state index in [0.717, 1.165) is 0 Å². The fraction of sp³-hybridized carbons (Fsp3) is 0.353. The summed E-state index contributed by atoms with van der Waals surface area (Å²) in [6, 6.07) is 7.54. The van der Waals surface area contributed by atoms with Crippen LogP contribution in [0.3, 0.4) is 0 Å². The van der Waals surface area contributed by atoms with Crippen LogP contribution in [-0.2, 0) is 0 Å². The van der Waals surface area contributed by atoms with Crippen LogP contribution in [0.25, 0.3) is 0 Å². The lowest BCUT2D eigenvalue weighted by Gasteiger charge is -2.34. The molecule has 3 rings (SSSR count). The van der Waals surface area contributed by atoms with Gasteiger partial charge < -0.3 is 15.0 Å². The van der Waals surface area contributed by atoms with E-state index in [1.165, 1.54) is 12.1 Å². The lowest BCUT2D eigenvalue weighted by Crippen LogP contribution is -2.39. The minimum Gasteiger partial charge on any atom is -0.388 e. The van der Waals surface area contributed by atoms with E-state index >= 15 is 0 Å². The van der Waals surface area contributed by atoms with Gasteiger partial charge in [-0.2, -0.15) is 0 Å². The maximum absolute atomic E-state index is 13.0. The number of carbonyl (C=O) groups is 1. The van der Waals surface area contributed by atoms with E-state index in [2.05, 4.69) is 4.98 Å². The van der Waals surface area contributed by atoms with Crippen LogP contribution in [0.5, 0.6) is 0 Å². The van der Waals surface area contributed by atoms with Crippen LogP contribution in [0.15, 0.2) is 36.5 Å². The first-order chi connectivity index (χ1) is 11.0. The Kier molecular flexibility index (Phi) is 4.68. The molecule has 1 unspecified atom stereocenters. The van der Waals surface area contributed by atoms with Crippen molar-refractivity contribution >= 4 is 17.5 Å². The van der Waals surface area contributed by atoms with Crippen molar-refractivity contribution in [1.29, 1.82) is 0 Å². The van der Waals surface area contributed by atoms with E-state index in [1.54, 1.807) is 29.3 Å². The lowest BCUT2D eigenvalue weighted by molar-refractivity contribution is 0.0459. The molecule has 1 amide bonds. The Morgan fingerprint density at radius 2 is 1.96 bits per heavy atom. The van der Waals surface area contributed by atoms with Gasteiger partial charge in [-0.3, -0.25) is 4.79 Å². The molecule has 0 radical (unpaired) electrons.